The molecule has 1 saturated heterocycles. The first kappa shape index (κ1) is 19.5. The quantitative estimate of drug-likeness (QED) is 0.828. The van der Waals surface area contributed by atoms with Crippen molar-refractivity contribution < 1.29 is 27.1 Å². The van der Waals surface area contributed by atoms with Crippen molar-refractivity contribution in [3.63, 3.8) is 0 Å². The highest BCUT2D eigenvalue weighted by Crippen LogP contribution is 2.32. The molecule has 1 N–H and O–H groups in total. The minimum Gasteiger partial charge on any atom is -0.444 e. The van der Waals surface area contributed by atoms with Gasteiger partial charge in [-0.2, -0.15) is 13.2 Å². The van der Waals surface area contributed by atoms with E-state index in [-0.39, 0.29) is 18.2 Å². The Morgan fingerprint density at radius 2 is 2.00 bits per heavy atom. The smallest absolute Gasteiger partial charge is 0.416 e. The van der Waals surface area contributed by atoms with Gasteiger partial charge in [-0.3, -0.25) is 0 Å². The molecule has 1 heterocycles. The summed E-state index contributed by atoms with van der Waals surface area (Å²) in [7, 11) is 0. The lowest BCUT2D eigenvalue weighted by Crippen LogP contribution is -2.38. The number of carbonyl (C=O) groups is 1. The van der Waals surface area contributed by atoms with Gasteiger partial charge in [0.05, 0.1) is 5.56 Å². The van der Waals surface area contributed by atoms with Crippen LogP contribution in [0.2, 0.25) is 0 Å². The highest BCUT2D eigenvalue weighted by molar-refractivity contribution is 5.68. The zero-order chi connectivity index (χ0) is 18.8. The standard InChI is InChI=1S/C17H22F4N2O2/c1-16(2,3)25-15(24)23-7-6-13(10-23)22-9-11-4-5-12(18)8-14(11)17(19,20)21/h4-5,8,13,22H,6-7,9-10H2,1-3H3/t13-/m0/s1. The Morgan fingerprint density at radius 3 is 2.60 bits per heavy atom. The van der Waals surface area contributed by atoms with Crippen LogP contribution in [0.25, 0.3) is 0 Å². The van der Waals surface area contributed by atoms with Gasteiger partial charge in [0.25, 0.3) is 0 Å². The van der Waals surface area contributed by atoms with Gasteiger partial charge in [-0.15, -0.1) is 0 Å². The fraction of sp³-hybridized carbons (Fsp3) is 0.588. The highest BCUT2D eigenvalue weighted by Gasteiger charge is 2.34. The number of carbonyl (C=O) groups excluding carboxylic acids is 1. The van der Waals surface area contributed by atoms with Gasteiger partial charge in [0, 0.05) is 25.7 Å². The second kappa shape index (κ2) is 7.19. The van der Waals surface area contributed by atoms with Gasteiger partial charge in [0.2, 0.25) is 0 Å². The third kappa shape index (κ3) is 5.59. The molecule has 8 heteroatoms. The molecule has 0 radical (unpaired) electrons. The molecule has 140 valence electrons. The Labute approximate surface area is 144 Å². The van der Waals surface area contributed by atoms with Crippen LogP contribution >= 0.6 is 0 Å². The average Bonchev–Trinajstić information content (AvgIpc) is 2.92. The summed E-state index contributed by atoms with van der Waals surface area (Å²) in [5.74, 6) is -0.923. The Balaban J connectivity index is 1.94. The number of likely N-dealkylation sites (tertiary alicyclic amines) is 1. The van der Waals surface area contributed by atoms with Crippen LogP contribution in [0.1, 0.15) is 38.3 Å². The molecule has 0 spiro atoms. The number of rotatable bonds is 3. The minimum atomic E-state index is -4.61. The van der Waals surface area contributed by atoms with E-state index in [0.717, 1.165) is 12.1 Å². The fourth-order valence-corrected chi connectivity index (χ4v) is 2.64. The van der Waals surface area contributed by atoms with E-state index >= 15 is 0 Å². The molecule has 0 saturated carbocycles. The number of hydrogen-bond acceptors (Lipinski definition) is 3. The molecule has 0 bridgehead atoms. The maximum Gasteiger partial charge on any atom is 0.416 e. The number of benzene rings is 1. The van der Waals surface area contributed by atoms with Gasteiger partial charge >= 0.3 is 12.3 Å². The molecule has 4 nitrogen and oxygen atoms in total. The van der Waals surface area contributed by atoms with Crippen molar-refractivity contribution in [1.29, 1.82) is 0 Å². The summed E-state index contributed by atoms with van der Waals surface area (Å²) in [6, 6.07) is 2.50. The van der Waals surface area contributed by atoms with Gasteiger partial charge in [0.15, 0.2) is 0 Å². The topological polar surface area (TPSA) is 41.6 Å². The van der Waals surface area contributed by atoms with Crippen LogP contribution in [0.15, 0.2) is 18.2 Å². The zero-order valence-corrected chi connectivity index (χ0v) is 14.4. The van der Waals surface area contributed by atoms with Gasteiger partial charge < -0.3 is 15.0 Å². The molecule has 1 aromatic rings. The molecule has 1 atom stereocenters. The van der Waals surface area contributed by atoms with Crippen LogP contribution in [-0.4, -0.2) is 35.7 Å². The van der Waals surface area contributed by atoms with Gasteiger partial charge in [0.1, 0.15) is 11.4 Å². The van der Waals surface area contributed by atoms with Crippen molar-refractivity contribution in [2.75, 3.05) is 13.1 Å². The highest BCUT2D eigenvalue weighted by atomic mass is 19.4. The summed E-state index contributed by atoms with van der Waals surface area (Å²) in [6.07, 6.45) is -4.44. The molecule has 2 rings (SSSR count). The van der Waals surface area contributed by atoms with Crippen molar-refractivity contribution in [3.8, 4) is 0 Å². The second-order valence-electron chi connectivity index (χ2n) is 7.09. The summed E-state index contributed by atoms with van der Waals surface area (Å²) in [5, 5.41) is 3.01. The molecule has 1 aliphatic heterocycles. The Kier molecular flexibility index (Phi) is 5.61. The predicted octanol–water partition coefficient (Wildman–Crippen LogP) is 3.94. The maximum absolute atomic E-state index is 13.1. The molecule has 0 aromatic heterocycles. The van der Waals surface area contributed by atoms with E-state index in [9.17, 15) is 22.4 Å². The van der Waals surface area contributed by atoms with Gasteiger partial charge in [-0.1, -0.05) is 6.07 Å². The van der Waals surface area contributed by atoms with Crippen molar-refractivity contribution in [3.05, 3.63) is 35.1 Å². The van der Waals surface area contributed by atoms with E-state index in [2.05, 4.69) is 5.32 Å². The van der Waals surface area contributed by atoms with Crippen LogP contribution in [0, 0.1) is 5.82 Å². The summed E-state index contributed by atoms with van der Waals surface area (Å²) < 4.78 is 57.4. The molecule has 1 aliphatic rings. The first-order valence-corrected chi connectivity index (χ1v) is 8.02. The minimum absolute atomic E-state index is 0.0235. The summed E-state index contributed by atoms with van der Waals surface area (Å²) in [6.45, 7) is 6.08. The Bertz CT molecular complexity index is 626. The molecule has 1 amide bonds. The van der Waals surface area contributed by atoms with Crippen LogP contribution in [0.5, 0.6) is 0 Å². The third-order valence-electron chi connectivity index (χ3n) is 3.80. The lowest BCUT2D eigenvalue weighted by Gasteiger charge is -2.24. The number of alkyl halides is 3. The second-order valence-corrected chi connectivity index (χ2v) is 7.09. The largest absolute Gasteiger partial charge is 0.444 e. The monoisotopic (exact) mass is 362 g/mol. The van der Waals surface area contributed by atoms with Crippen LogP contribution in [-0.2, 0) is 17.5 Å². The van der Waals surface area contributed by atoms with Gasteiger partial charge in [-0.25, -0.2) is 9.18 Å². The number of hydrogen-bond donors (Lipinski definition) is 1. The van der Waals surface area contributed by atoms with E-state index in [0.29, 0.717) is 25.6 Å². The number of nitrogens with zero attached hydrogens (tertiary/aromatic N) is 1. The number of ether oxygens (including phenoxy) is 1. The predicted molar refractivity (Wildman–Crippen MR) is 84.5 cm³/mol. The maximum atomic E-state index is 13.1. The van der Waals surface area contributed by atoms with E-state index < -0.39 is 29.3 Å². The number of nitrogens with one attached hydrogen (secondary N) is 1. The molecular weight excluding hydrogens is 340 g/mol. The molecule has 25 heavy (non-hydrogen) atoms. The molecule has 0 unspecified atom stereocenters. The number of amides is 1. The molecule has 1 fully saturated rings. The molecule has 1 aromatic carbocycles. The van der Waals surface area contributed by atoms with E-state index in [1.807, 2.05) is 0 Å². The van der Waals surface area contributed by atoms with Crippen LogP contribution in [0.3, 0.4) is 0 Å². The summed E-state index contributed by atoms with van der Waals surface area (Å²) in [5.41, 5.74) is -1.61. The van der Waals surface area contributed by atoms with E-state index in [1.54, 1.807) is 20.8 Å². The Morgan fingerprint density at radius 1 is 1.32 bits per heavy atom. The Hall–Kier alpha value is -1.83. The van der Waals surface area contributed by atoms with Gasteiger partial charge in [-0.05, 0) is 44.9 Å². The van der Waals surface area contributed by atoms with Crippen molar-refractivity contribution >= 4 is 6.09 Å². The third-order valence-corrected chi connectivity index (χ3v) is 3.80. The van der Waals surface area contributed by atoms with Crippen molar-refractivity contribution in [2.24, 2.45) is 0 Å². The first-order chi connectivity index (χ1) is 11.5. The first-order valence-electron chi connectivity index (χ1n) is 8.02. The number of halogens is 4. The van der Waals surface area contributed by atoms with Crippen LogP contribution in [0.4, 0.5) is 22.4 Å². The summed E-state index contributed by atoms with van der Waals surface area (Å²) in [4.78, 5) is 13.5. The van der Waals surface area contributed by atoms with Crippen molar-refractivity contribution in [1.82, 2.24) is 10.2 Å². The van der Waals surface area contributed by atoms with Crippen molar-refractivity contribution in [2.45, 2.75) is 51.6 Å². The van der Waals surface area contributed by atoms with E-state index in [1.165, 1.54) is 4.90 Å². The zero-order valence-electron chi connectivity index (χ0n) is 14.4. The molecular formula is C17H22F4N2O2. The SMILES string of the molecule is CC(C)(C)OC(=O)N1CC[C@H](NCc2ccc(F)cc2C(F)(F)F)C1. The lowest BCUT2D eigenvalue weighted by atomic mass is 10.1. The normalized spacial score (nSPS) is 18.5. The van der Waals surface area contributed by atoms with Crippen LogP contribution < -0.4 is 5.32 Å². The molecule has 0 aliphatic carbocycles. The average molecular weight is 362 g/mol. The summed E-state index contributed by atoms with van der Waals surface area (Å²) >= 11 is 0. The fourth-order valence-electron chi connectivity index (χ4n) is 2.64. The van der Waals surface area contributed by atoms with E-state index in [4.69, 9.17) is 4.74 Å². The lowest BCUT2D eigenvalue weighted by molar-refractivity contribution is -0.138.